The number of aliphatic hydroxyl groups excluding tert-OH is 2. The lowest BCUT2D eigenvalue weighted by molar-refractivity contribution is -0.148. The topological polar surface area (TPSA) is 217 Å². The van der Waals surface area contributed by atoms with Crippen LogP contribution in [-0.2, 0) is 33.6 Å². The largest absolute Gasteiger partial charge is 0.395 e. The number of nitrogens with two attached hydrogens (primary N) is 1. The lowest BCUT2D eigenvalue weighted by atomic mass is 9.98. The van der Waals surface area contributed by atoms with E-state index in [1.165, 1.54) is 94.8 Å². The van der Waals surface area contributed by atoms with Crippen molar-refractivity contribution >= 4 is 84.5 Å². The molecule has 0 aromatic rings. The molecule has 0 aliphatic heterocycles. The third-order valence-electron chi connectivity index (χ3n) is 18.4. The van der Waals surface area contributed by atoms with Crippen molar-refractivity contribution in [2.75, 3.05) is 121 Å². The highest BCUT2D eigenvalue weighted by atomic mass is 33.1. The Morgan fingerprint density at radius 1 is 0.330 bits per heavy atom. The third-order valence-corrected chi connectivity index (χ3v) is 23.3. The van der Waals surface area contributed by atoms with Crippen molar-refractivity contribution in [3.63, 3.8) is 0 Å². The van der Waals surface area contributed by atoms with Crippen LogP contribution >= 0.6 is 43.2 Å². The highest BCUT2D eigenvalue weighted by molar-refractivity contribution is 8.77. The molecule has 0 radical (unpaired) electrons. The molecule has 0 rings (SSSR count). The van der Waals surface area contributed by atoms with E-state index in [2.05, 4.69) is 74.6 Å². The maximum atomic E-state index is 15.4. The van der Waals surface area contributed by atoms with Gasteiger partial charge in [-0.2, -0.15) is 0 Å². The first-order valence-corrected chi connectivity index (χ1v) is 42.9. The zero-order valence-corrected chi connectivity index (χ0v) is 64.9. The van der Waals surface area contributed by atoms with Crippen LogP contribution < -0.4 is 11.1 Å². The van der Waals surface area contributed by atoms with E-state index < -0.39 is 11.9 Å². The molecule has 0 aromatic carbocycles. The molecular formula is C73H142N8O9S4. The van der Waals surface area contributed by atoms with Gasteiger partial charge in [-0.1, -0.05) is 279 Å². The van der Waals surface area contributed by atoms with E-state index in [1.807, 2.05) is 0 Å². The van der Waals surface area contributed by atoms with Gasteiger partial charge in [0.25, 0.3) is 0 Å². The van der Waals surface area contributed by atoms with Gasteiger partial charge in [0.15, 0.2) is 0 Å². The van der Waals surface area contributed by atoms with Gasteiger partial charge in [-0.05, 0) is 62.2 Å². The number of carbonyl (C=O) groups is 7. The van der Waals surface area contributed by atoms with Crippen LogP contribution in [0, 0.1) is 23.7 Å². The minimum Gasteiger partial charge on any atom is -0.395 e. The van der Waals surface area contributed by atoms with Crippen molar-refractivity contribution in [2.24, 2.45) is 29.4 Å². The average molecular weight is 1400 g/mol. The molecule has 0 aliphatic rings. The average Bonchev–Trinajstić information content (AvgIpc) is 1.15. The first-order chi connectivity index (χ1) is 45.5. The Morgan fingerprint density at radius 3 is 0.872 bits per heavy atom. The van der Waals surface area contributed by atoms with Gasteiger partial charge >= 0.3 is 0 Å². The van der Waals surface area contributed by atoms with Crippen LogP contribution in [0.5, 0.6) is 0 Å². The fraction of sp³-hybridized carbons (Fsp3) is 0.904. The van der Waals surface area contributed by atoms with E-state index in [9.17, 15) is 24.6 Å². The number of nitrogens with zero attached hydrogens (tertiary/aromatic N) is 6. The van der Waals surface area contributed by atoms with Gasteiger partial charge in [0.1, 0.15) is 0 Å². The van der Waals surface area contributed by atoms with Gasteiger partial charge in [-0.15, -0.1) is 0 Å². The summed E-state index contributed by atoms with van der Waals surface area (Å²) in [7, 11) is 6.91. The molecule has 4 unspecified atom stereocenters. The number of rotatable bonds is 67. The van der Waals surface area contributed by atoms with Crippen molar-refractivity contribution in [2.45, 2.75) is 281 Å². The fourth-order valence-electron chi connectivity index (χ4n) is 11.7. The van der Waals surface area contributed by atoms with Crippen LogP contribution in [0.15, 0.2) is 0 Å². The number of nitrogens with one attached hydrogen (secondary N) is 1. The second-order valence-corrected chi connectivity index (χ2v) is 31.9. The van der Waals surface area contributed by atoms with Crippen LogP contribution in [0.4, 0.5) is 0 Å². The summed E-state index contributed by atoms with van der Waals surface area (Å²) < 4.78 is 0. The molecule has 17 nitrogen and oxygen atoms in total. The number of hydrogen-bond donors (Lipinski definition) is 4. The summed E-state index contributed by atoms with van der Waals surface area (Å²) in [5.41, 5.74) is 5.79. The molecule has 94 heavy (non-hydrogen) atoms. The van der Waals surface area contributed by atoms with Crippen LogP contribution in [0.2, 0.25) is 0 Å². The van der Waals surface area contributed by atoms with E-state index in [4.69, 9.17) is 5.73 Å². The zero-order chi connectivity index (χ0) is 70.0. The molecular weight excluding hydrogens is 1260 g/mol. The Bertz CT molecular complexity index is 1910. The van der Waals surface area contributed by atoms with Gasteiger partial charge in [0.2, 0.25) is 41.4 Å². The van der Waals surface area contributed by atoms with Gasteiger partial charge < -0.3 is 50.7 Å². The van der Waals surface area contributed by atoms with Crippen molar-refractivity contribution < 1.29 is 43.8 Å². The Morgan fingerprint density at radius 2 is 0.585 bits per heavy atom. The summed E-state index contributed by atoms with van der Waals surface area (Å²) >= 11 is 0. The van der Waals surface area contributed by atoms with E-state index in [1.54, 1.807) is 67.7 Å². The number of amides is 7. The molecule has 21 heteroatoms. The molecule has 7 amide bonds. The Kier molecular flexibility index (Phi) is 61.2. The number of hydrogen-bond acceptors (Lipinski definition) is 14. The standard InChI is InChI=1S/C73H142N8O9S4/c1-11-21-27-29-31-33-35-37-45-91-93-47-43-76(55-71(88)78(54-67(74)84)50-62(17-7)39-23-13-3)70(87)58-80(52-64(19-9)41-25-15-5)73(90)59-81(53-65(20-10)42-26-16-6)72(89)56-77(44-48-94-92-46-38-36-34-32-30-28-22-12-2)69(86)57-79(51-63(18-8)40-24-14-4)68(85)49-75-66(60-82)61-83/h62-66,75,82-83H,11-61H2,1-10H3,(H2,74,84). The van der Waals surface area contributed by atoms with Crippen LogP contribution in [0.1, 0.15) is 275 Å². The van der Waals surface area contributed by atoms with Gasteiger partial charge in [0, 0.05) is 62.3 Å². The monoisotopic (exact) mass is 1400 g/mol. The molecule has 0 saturated carbocycles. The summed E-state index contributed by atoms with van der Waals surface area (Å²) in [4.78, 5) is 112. The summed E-state index contributed by atoms with van der Waals surface area (Å²) in [6.45, 7) is 20.6. The molecule has 0 aromatic heterocycles. The van der Waals surface area contributed by atoms with Gasteiger partial charge in [0.05, 0.1) is 65.1 Å². The predicted molar refractivity (Wildman–Crippen MR) is 403 cm³/mol. The van der Waals surface area contributed by atoms with Crippen molar-refractivity contribution in [1.29, 1.82) is 0 Å². The van der Waals surface area contributed by atoms with E-state index in [0.29, 0.717) is 24.6 Å². The number of carbonyl (C=O) groups excluding carboxylic acids is 7. The van der Waals surface area contributed by atoms with Crippen molar-refractivity contribution in [3.05, 3.63) is 0 Å². The Balaban J connectivity index is 7.53. The summed E-state index contributed by atoms with van der Waals surface area (Å²) in [5, 5.41) is 22.6. The second-order valence-electron chi connectivity index (χ2n) is 26.5. The molecule has 4 atom stereocenters. The minimum atomic E-state index is -0.705. The Hall–Kier alpha value is -2.43. The lowest BCUT2D eigenvalue weighted by Crippen LogP contribution is -2.54. The van der Waals surface area contributed by atoms with Gasteiger partial charge in [-0.3, -0.25) is 33.6 Å². The molecule has 5 N–H and O–H groups in total. The number of aliphatic hydroxyl groups is 2. The van der Waals surface area contributed by atoms with Crippen molar-refractivity contribution in [1.82, 2.24) is 34.7 Å². The van der Waals surface area contributed by atoms with Gasteiger partial charge in [-0.25, -0.2) is 0 Å². The maximum Gasteiger partial charge on any atom is 0.242 e. The number of unbranched alkanes of at least 4 members (excludes halogenated alkanes) is 18. The van der Waals surface area contributed by atoms with Crippen molar-refractivity contribution in [3.8, 4) is 0 Å². The van der Waals surface area contributed by atoms with E-state index in [0.717, 1.165) is 127 Å². The normalized spacial score (nSPS) is 12.8. The quantitative estimate of drug-likeness (QED) is 0.0329. The number of primary amides is 1. The van der Waals surface area contributed by atoms with Crippen LogP contribution in [0.25, 0.3) is 0 Å². The SMILES string of the molecule is CCCCCCCCCCSSCCN(CC(=O)N(CC(=O)N(CC(=O)N(CCSSCCCCCCCCCC)CC(=O)N(CC(N)=O)CC(CC)CCCC)CC(CC)CCCC)CC(CC)CCCC)C(=O)CN(CC(CC)CCCC)C(=O)CNC(CO)CO. The fourth-order valence-corrected chi connectivity index (χ4v) is 15.9. The van der Waals surface area contributed by atoms with E-state index >= 15 is 19.2 Å². The Labute approximate surface area is 590 Å². The summed E-state index contributed by atoms with van der Waals surface area (Å²) in [5.74, 6) is 0.663. The molecule has 0 fully saturated rings. The smallest absolute Gasteiger partial charge is 0.242 e. The van der Waals surface area contributed by atoms with Crippen LogP contribution in [-0.4, -0.2) is 208 Å². The van der Waals surface area contributed by atoms with E-state index in [-0.39, 0.29) is 144 Å². The first kappa shape index (κ1) is 91.6. The third kappa shape index (κ3) is 46.8. The highest BCUT2D eigenvalue weighted by Crippen LogP contribution is 2.26. The van der Waals surface area contributed by atoms with Crippen LogP contribution in [0.3, 0.4) is 0 Å². The second kappa shape index (κ2) is 62.8. The lowest BCUT2D eigenvalue weighted by Gasteiger charge is -2.35. The predicted octanol–water partition coefficient (Wildman–Crippen LogP) is 14.3. The molecule has 0 heterocycles. The maximum absolute atomic E-state index is 15.4. The molecule has 0 bridgehead atoms. The highest BCUT2D eigenvalue weighted by Gasteiger charge is 2.32. The summed E-state index contributed by atoms with van der Waals surface area (Å²) in [6.07, 6.45) is 34.1. The molecule has 0 saturated heterocycles. The first-order valence-electron chi connectivity index (χ1n) is 37.9. The summed E-state index contributed by atoms with van der Waals surface area (Å²) in [6, 6.07) is -0.705. The molecule has 0 aliphatic carbocycles. The molecule has 0 spiro atoms. The minimum absolute atomic E-state index is 0.0635. The molecule has 552 valence electrons. The zero-order valence-electron chi connectivity index (χ0n) is 61.6.